The summed E-state index contributed by atoms with van der Waals surface area (Å²) in [5, 5.41) is 11.2. The van der Waals surface area contributed by atoms with Crippen LogP contribution in [0, 0.1) is 19.8 Å². The SMILES string of the molecule is Cc1noc(C)c1Cn1cc(NC(=O)CC2CCCCC2)cn1. The maximum atomic E-state index is 12.1. The molecule has 0 atom stereocenters. The van der Waals surface area contributed by atoms with Crippen LogP contribution in [0.25, 0.3) is 0 Å². The molecule has 1 aliphatic rings. The highest BCUT2D eigenvalue weighted by Gasteiger charge is 2.17. The number of aromatic nitrogens is 3. The zero-order chi connectivity index (χ0) is 16.2. The van der Waals surface area contributed by atoms with Gasteiger partial charge in [0, 0.05) is 18.2 Å². The van der Waals surface area contributed by atoms with Gasteiger partial charge < -0.3 is 9.84 Å². The molecule has 0 aromatic carbocycles. The molecule has 23 heavy (non-hydrogen) atoms. The van der Waals surface area contributed by atoms with Gasteiger partial charge in [-0.3, -0.25) is 9.48 Å². The molecule has 1 amide bonds. The second kappa shape index (κ2) is 6.98. The van der Waals surface area contributed by atoms with E-state index >= 15 is 0 Å². The van der Waals surface area contributed by atoms with Gasteiger partial charge in [0.25, 0.3) is 0 Å². The Morgan fingerprint density at radius 1 is 1.35 bits per heavy atom. The van der Waals surface area contributed by atoms with Crippen molar-refractivity contribution in [2.45, 2.75) is 58.9 Å². The first kappa shape index (κ1) is 15.8. The summed E-state index contributed by atoms with van der Waals surface area (Å²) >= 11 is 0. The van der Waals surface area contributed by atoms with Gasteiger partial charge in [0.2, 0.25) is 5.91 Å². The van der Waals surface area contributed by atoms with Gasteiger partial charge in [-0.1, -0.05) is 24.4 Å². The van der Waals surface area contributed by atoms with Crippen molar-refractivity contribution in [2.24, 2.45) is 5.92 Å². The molecule has 2 heterocycles. The fourth-order valence-electron chi connectivity index (χ4n) is 3.27. The molecule has 3 rings (SSSR count). The highest BCUT2D eigenvalue weighted by atomic mass is 16.5. The molecule has 0 unspecified atom stereocenters. The van der Waals surface area contributed by atoms with E-state index in [1.54, 1.807) is 10.9 Å². The van der Waals surface area contributed by atoms with Gasteiger partial charge in [-0.25, -0.2) is 0 Å². The maximum Gasteiger partial charge on any atom is 0.224 e. The maximum absolute atomic E-state index is 12.1. The van der Waals surface area contributed by atoms with E-state index in [0.717, 1.165) is 22.7 Å². The Kier molecular flexibility index (Phi) is 4.79. The Bertz CT molecular complexity index is 648. The molecule has 0 radical (unpaired) electrons. The monoisotopic (exact) mass is 316 g/mol. The van der Waals surface area contributed by atoms with E-state index in [4.69, 9.17) is 4.52 Å². The number of aryl methyl sites for hydroxylation is 2. The largest absolute Gasteiger partial charge is 0.361 e. The van der Waals surface area contributed by atoms with Crippen LogP contribution in [0.5, 0.6) is 0 Å². The van der Waals surface area contributed by atoms with Gasteiger partial charge >= 0.3 is 0 Å². The first-order valence-corrected chi connectivity index (χ1v) is 8.36. The summed E-state index contributed by atoms with van der Waals surface area (Å²) in [5.41, 5.74) is 2.66. The van der Waals surface area contributed by atoms with Crippen molar-refractivity contribution in [3.05, 3.63) is 29.4 Å². The molecular formula is C17H24N4O2. The number of carbonyl (C=O) groups excluding carboxylic acids is 1. The summed E-state index contributed by atoms with van der Waals surface area (Å²) in [6.45, 7) is 4.41. The average Bonchev–Trinajstić information content (AvgIpc) is 3.10. The lowest BCUT2D eigenvalue weighted by atomic mass is 9.87. The van der Waals surface area contributed by atoms with Crippen molar-refractivity contribution < 1.29 is 9.32 Å². The van der Waals surface area contributed by atoms with E-state index < -0.39 is 0 Å². The molecule has 2 aromatic heterocycles. The zero-order valence-corrected chi connectivity index (χ0v) is 13.8. The Morgan fingerprint density at radius 2 is 2.13 bits per heavy atom. The number of anilines is 1. The zero-order valence-electron chi connectivity index (χ0n) is 13.8. The second-order valence-electron chi connectivity index (χ2n) is 6.49. The van der Waals surface area contributed by atoms with Crippen LogP contribution in [0.4, 0.5) is 5.69 Å². The van der Waals surface area contributed by atoms with E-state index in [1.807, 2.05) is 20.0 Å². The lowest BCUT2D eigenvalue weighted by molar-refractivity contribution is -0.117. The quantitative estimate of drug-likeness (QED) is 0.917. The van der Waals surface area contributed by atoms with Crippen LogP contribution < -0.4 is 5.32 Å². The average molecular weight is 316 g/mol. The smallest absolute Gasteiger partial charge is 0.224 e. The summed E-state index contributed by atoms with van der Waals surface area (Å²) in [4.78, 5) is 12.1. The van der Waals surface area contributed by atoms with Crippen LogP contribution in [0.15, 0.2) is 16.9 Å². The van der Waals surface area contributed by atoms with Crippen molar-refractivity contribution in [3.63, 3.8) is 0 Å². The Morgan fingerprint density at radius 3 is 2.83 bits per heavy atom. The number of hydrogen-bond acceptors (Lipinski definition) is 4. The number of nitrogens with one attached hydrogen (secondary N) is 1. The third-order valence-corrected chi connectivity index (χ3v) is 4.62. The van der Waals surface area contributed by atoms with Gasteiger partial charge in [0.1, 0.15) is 5.76 Å². The van der Waals surface area contributed by atoms with Crippen molar-refractivity contribution in [1.29, 1.82) is 0 Å². The standard InChI is InChI=1S/C17H24N4O2/c1-12-16(13(2)23-20-12)11-21-10-15(9-18-21)19-17(22)8-14-6-4-3-5-7-14/h9-10,14H,3-8,11H2,1-2H3,(H,19,22). The summed E-state index contributed by atoms with van der Waals surface area (Å²) in [5.74, 6) is 1.44. The molecule has 6 heteroatoms. The van der Waals surface area contributed by atoms with E-state index in [1.165, 1.54) is 32.1 Å². The predicted molar refractivity (Wildman–Crippen MR) is 87.1 cm³/mol. The van der Waals surface area contributed by atoms with E-state index in [9.17, 15) is 4.79 Å². The first-order valence-electron chi connectivity index (χ1n) is 8.36. The number of carbonyl (C=O) groups is 1. The van der Waals surface area contributed by atoms with E-state index in [-0.39, 0.29) is 5.91 Å². The molecule has 1 aliphatic carbocycles. The lowest BCUT2D eigenvalue weighted by Gasteiger charge is -2.20. The Labute approximate surface area is 136 Å². The molecular weight excluding hydrogens is 292 g/mol. The Balaban J connectivity index is 1.55. The highest BCUT2D eigenvalue weighted by molar-refractivity contribution is 5.90. The van der Waals surface area contributed by atoms with Gasteiger partial charge in [-0.05, 0) is 32.6 Å². The highest BCUT2D eigenvalue weighted by Crippen LogP contribution is 2.26. The van der Waals surface area contributed by atoms with Crippen molar-refractivity contribution in [3.8, 4) is 0 Å². The minimum Gasteiger partial charge on any atom is -0.361 e. The normalized spacial score (nSPS) is 15.7. The van der Waals surface area contributed by atoms with Crippen molar-refractivity contribution >= 4 is 11.6 Å². The third kappa shape index (κ3) is 4.00. The van der Waals surface area contributed by atoms with Crippen LogP contribution in [-0.4, -0.2) is 20.8 Å². The molecule has 1 N–H and O–H groups in total. The number of rotatable bonds is 5. The third-order valence-electron chi connectivity index (χ3n) is 4.62. The summed E-state index contributed by atoms with van der Waals surface area (Å²) in [6, 6.07) is 0. The van der Waals surface area contributed by atoms with Crippen LogP contribution in [-0.2, 0) is 11.3 Å². The molecule has 2 aromatic rings. The van der Waals surface area contributed by atoms with Crippen molar-refractivity contribution in [1.82, 2.24) is 14.9 Å². The minimum absolute atomic E-state index is 0.0915. The number of nitrogens with zero attached hydrogens (tertiary/aromatic N) is 3. The van der Waals surface area contributed by atoms with Crippen molar-refractivity contribution in [2.75, 3.05) is 5.32 Å². The molecule has 1 saturated carbocycles. The van der Waals surface area contributed by atoms with Crippen LogP contribution in [0.2, 0.25) is 0 Å². The predicted octanol–water partition coefficient (Wildman–Crippen LogP) is 3.45. The van der Waals surface area contributed by atoms with Gasteiger partial charge in [0.05, 0.1) is 24.1 Å². The molecule has 6 nitrogen and oxygen atoms in total. The fraction of sp³-hybridized carbons (Fsp3) is 0.588. The van der Waals surface area contributed by atoms with Crippen LogP contribution in [0.1, 0.15) is 55.5 Å². The molecule has 0 spiro atoms. The topological polar surface area (TPSA) is 73.0 Å². The first-order chi connectivity index (χ1) is 11.1. The summed E-state index contributed by atoms with van der Waals surface area (Å²) < 4.78 is 6.96. The molecule has 0 bridgehead atoms. The fourth-order valence-corrected chi connectivity index (χ4v) is 3.27. The summed E-state index contributed by atoms with van der Waals surface area (Å²) in [6.07, 6.45) is 10.3. The Hall–Kier alpha value is -2.11. The van der Waals surface area contributed by atoms with Gasteiger partial charge in [-0.15, -0.1) is 0 Å². The van der Waals surface area contributed by atoms with Gasteiger partial charge in [0.15, 0.2) is 0 Å². The molecule has 124 valence electrons. The minimum atomic E-state index is 0.0915. The molecule has 1 fully saturated rings. The lowest BCUT2D eigenvalue weighted by Crippen LogP contribution is -2.18. The number of amides is 1. The second-order valence-corrected chi connectivity index (χ2v) is 6.49. The number of hydrogen-bond donors (Lipinski definition) is 1. The molecule has 0 saturated heterocycles. The summed E-state index contributed by atoms with van der Waals surface area (Å²) in [7, 11) is 0. The van der Waals surface area contributed by atoms with E-state index in [2.05, 4.69) is 15.6 Å². The van der Waals surface area contributed by atoms with E-state index in [0.29, 0.717) is 18.9 Å². The van der Waals surface area contributed by atoms with Crippen LogP contribution >= 0.6 is 0 Å². The van der Waals surface area contributed by atoms with Crippen LogP contribution in [0.3, 0.4) is 0 Å². The molecule has 0 aliphatic heterocycles. The van der Waals surface area contributed by atoms with Gasteiger partial charge in [-0.2, -0.15) is 5.10 Å².